The number of amides is 1. The average Bonchev–Trinajstić information content (AvgIpc) is 3.03. The fourth-order valence-corrected chi connectivity index (χ4v) is 3.61. The summed E-state index contributed by atoms with van der Waals surface area (Å²) in [6, 6.07) is 0.0535. The van der Waals surface area contributed by atoms with E-state index < -0.39 is 0 Å². The molecule has 2 aliphatic rings. The van der Waals surface area contributed by atoms with Crippen LogP contribution in [-0.4, -0.2) is 29.6 Å². The molecule has 116 valence electrons. The van der Waals surface area contributed by atoms with E-state index in [-0.39, 0.29) is 6.04 Å². The maximum atomic E-state index is 12.7. The van der Waals surface area contributed by atoms with Crippen molar-refractivity contribution >= 4 is 5.91 Å². The second-order valence-corrected chi connectivity index (χ2v) is 7.23. The van der Waals surface area contributed by atoms with Crippen LogP contribution < -0.4 is 5.32 Å². The second kappa shape index (κ2) is 6.93. The summed E-state index contributed by atoms with van der Waals surface area (Å²) < 4.78 is 0. The first-order valence-electron chi connectivity index (χ1n) is 8.61. The summed E-state index contributed by atoms with van der Waals surface area (Å²) in [5.74, 6) is 2.14. The van der Waals surface area contributed by atoms with Crippen molar-refractivity contribution in [2.75, 3.05) is 6.54 Å². The number of nitrogens with one attached hydrogen (secondary N) is 1. The normalized spacial score (nSPS) is 29.6. The lowest BCUT2D eigenvalue weighted by Crippen LogP contribution is -2.43. The smallest absolute Gasteiger partial charge is 0.241 e. The van der Waals surface area contributed by atoms with Gasteiger partial charge in [-0.2, -0.15) is 0 Å². The molecule has 1 N–H and O–H groups in total. The van der Waals surface area contributed by atoms with Crippen LogP contribution in [0.2, 0.25) is 0 Å². The number of hydrogen-bond acceptors (Lipinski definition) is 2. The lowest BCUT2D eigenvalue weighted by Gasteiger charge is -2.29. The van der Waals surface area contributed by atoms with E-state index in [0.717, 1.165) is 19.4 Å². The molecule has 1 heterocycles. The van der Waals surface area contributed by atoms with Crippen LogP contribution >= 0.6 is 0 Å². The van der Waals surface area contributed by atoms with Crippen molar-refractivity contribution in [1.29, 1.82) is 0 Å². The molecule has 2 fully saturated rings. The molecule has 1 amide bonds. The molecular formula is C17H32N2O. The maximum Gasteiger partial charge on any atom is 0.241 e. The number of nitrogens with zero attached hydrogens (tertiary/aromatic N) is 1. The maximum absolute atomic E-state index is 12.7. The van der Waals surface area contributed by atoms with Crippen LogP contribution in [0.25, 0.3) is 0 Å². The Morgan fingerprint density at radius 3 is 2.45 bits per heavy atom. The van der Waals surface area contributed by atoms with Crippen LogP contribution in [0.15, 0.2) is 0 Å². The standard InChI is InChI=1S/C17H32N2O/c1-5-13(4)15-17(20)19(11-10-12(2)3)16(18-15)14-8-6-7-9-14/h12-16,18H,5-11H2,1-4H3. The highest BCUT2D eigenvalue weighted by molar-refractivity contribution is 5.84. The second-order valence-electron chi connectivity index (χ2n) is 7.23. The average molecular weight is 280 g/mol. The fraction of sp³-hybridized carbons (Fsp3) is 0.941. The summed E-state index contributed by atoms with van der Waals surface area (Å²) in [6.07, 6.45) is 7.74. The topological polar surface area (TPSA) is 32.3 Å². The molecule has 1 aliphatic carbocycles. The Morgan fingerprint density at radius 1 is 1.25 bits per heavy atom. The lowest BCUT2D eigenvalue weighted by atomic mass is 9.99. The minimum Gasteiger partial charge on any atom is -0.325 e. The molecule has 1 saturated carbocycles. The molecule has 3 unspecified atom stereocenters. The molecule has 0 aromatic heterocycles. The van der Waals surface area contributed by atoms with Gasteiger partial charge >= 0.3 is 0 Å². The Morgan fingerprint density at radius 2 is 1.90 bits per heavy atom. The molecule has 0 bridgehead atoms. The highest BCUT2D eigenvalue weighted by Crippen LogP contribution is 2.33. The van der Waals surface area contributed by atoms with E-state index in [1.54, 1.807) is 0 Å². The van der Waals surface area contributed by atoms with E-state index in [9.17, 15) is 4.79 Å². The number of hydrogen-bond donors (Lipinski definition) is 1. The van der Waals surface area contributed by atoms with Gasteiger partial charge in [-0.05, 0) is 37.0 Å². The molecule has 3 nitrogen and oxygen atoms in total. The molecule has 2 rings (SSSR count). The van der Waals surface area contributed by atoms with Gasteiger partial charge in [0.2, 0.25) is 5.91 Å². The summed E-state index contributed by atoms with van der Waals surface area (Å²) in [5.41, 5.74) is 0. The van der Waals surface area contributed by atoms with Gasteiger partial charge in [-0.1, -0.05) is 47.0 Å². The van der Waals surface area contributed by atoms with Crippen LogP contribution in [0.4, 0.5) is 0 Å². The van der Waals surface area contributed by atoms with E-state index >= 15 is 0 Å². The van der Waals surface area contributed by atoms with Gasteiger partial charge in [0, 0.05) is 6.54 Å². The Bertz CT molecular complexity index is 323. The predicted molar refractivity (Wildman–Crippen MR) is 83.3 cm³/mol. The first-order valence-corrected chi connectivity index (χ1v) is 8.61. The summed E-state index contributed by atoms with van der Waals surface area (Å²) in [7, 11) is 0. The number of rotatable bonds is 6. The summed E-state index contributed by atoms with van der Waals surface area (Å²) >= 11 is 0. The van der Waals surface area contributed by atoms with Crippen molar-refractivity contribution in [1.82, 2.24) is 10.2 Å². The van der Waals surface area contributed by atoms with Gasteiger partial charge in [-0.25, -0.2) is 0 Å². The lowest BCUT2D eigenvalue weighted by molar-refractivity contribution is -0.131. The zero-order valence-corrected chi connectivity index (χ0v) is 13.7. The molecular weight excluding hydrogens is 248 g/mol. The van der Waals surface area contributed by atoms with Gasteiger partial charge in [0.15, 0.2) is 0 Å². The summed E-state index contributed by atoms with van der Waals surface area (Å²) in [4.78, 5) is 14.9. The highest BCUT2D eigenvalue weighted by Gasteiger charge is 2.44. The van der Waals surface area contributed by atoms with Gasteiger partial charge < -0.3 is 4.90 Å². The summed E-state index contributed by atoms with van der Waals surface area (Å²) in [6.45, 7) is 9.79. The third-order valence-electron chi connectivity index (χ3n) is 5.24. The van der Waals surface area contributed by atoms with Crippen molar-refractivity contribution in [2.24, 2.45) is 17.8 Å². The fourth-order valence-electron chi connectivity index (χ4n) is 3.61. The van der Waals surface area contributed by atoms with Crippen molar-refractivity contribution < 1.29 is 4.79 Å². The number of carbonyl (C=O) groups is 1. The van der Waals surface area contributed by atoms with Crippen molar-refractivity contribution in [3.8, 4) is 0 Å². The van der Waals surface area contributed by atoms with Gasteiger partial charge in [-0.15, -0.1) is 0 Å². The van der Waals surface area contributed by atoms with Crippen molar-refractivity contribution in [3.63, 3.8) is 0 Å². The molecule has 0 radical (unpaired) electrons. The molecule has 1 aliphatic heterocycles. The molecule has 20 heavy (non-hydrogen) atoms. The monoisotopic (exact) mass is 280 g/mol. The van der Waals surface area contributed by atoms with E-state index in [4.69, 9.17) is 0 Å². The van der Waals surface area contributed by atoms with E-state index in [1.807, 2.05) is 0 Å². The van der Waals surface area contributed by atoms with Crippen LogP contribution in [-0.2, 0) is 4.79 Å². The minimum atomic E-state index is 0.0535. The first kappa shape index (κ1) is 15.8. The molecule has 3 atom stereocenters. The highest BCUT2D eigenvalue weighted by atomic mass is 16.2. The van der Waals surface area contributed by atoms with Crippen molar-refractivity contribution in [2.45, 2.75) is 78.4 Å². The Kier molecular flexibility index (Phi) is 5.48. The van der Waals surface area contributed by atoms with E-state index in [1.165, 1.54) is 25.7 Å². The molecule has 0 spiro atoms. The Hall–Kier alpha value is -0.570. The van der Waals surface area contributed by atoms with Crippen LogP contribution in [0, 0.1) is 17.8 Å². The largest absolute Gasteiger partial charge is 0.325 e. The quantitative estimate of drug-likeness (QED) is 0.809. The minimum absolute atomic E-state index is 0.0535. The van der Waals surface area contributed by atoms with E-state index in [2.05, 4.69) is 37.9 Å². The van der Waals surface area contributed by atoms with Crippen LogP contribution in [0.1, 0.15) is 66.2 Å². The van der Waals surface area contributed by atoms with Crippen molar-refractivity contribution in [3.05, 3.63) is 0 Å². The third-order valence-corrected chi connectivity index (χ3v) is 5.24. The van der Waals surface area contributed by atoms with Gasteiger partial charge in [0.1, 0.15) is 0 Å². The predicted octanol–water partition coefficient (Wildman–Crippen LogP) is 3.40. The molecule has 0 aromatic carbocycles. The summed E-state index contributed by atoms with van der Waals surface area (Å²) in [5, 5.41) is 3.68. The SMILES string of the molecule is CCC(C)C1NC(C2CCCC2)N(CCC(C)C)C1=O. The van der Waals surface area contributed by atoms with Gasteiger partial charge in [0.05, 0.1) is 12.2 Å². The van der Waals surface area contributed by atoms with Gasteiger partial charge in [-0.3, -0.25) is 10.1 Å². The van der Waals surface area contributed by atoms with Gasteiger partial charge in [0.25, 0.3) is 0 Å². The molecule has 0 aromatic rings. The zero-order chi connectivity index (χ0) is 14.7. The first-order chi connectivity index (χ1) is 9.54. The molecule has 3 heteroatoms. The number of carbonyl (C=O) groups excluding carboxylic acids is 1. The third kappa shape index (κ3) is 3.36. The zero-order valence-electron chi connectivity index (χ0n) is 13.7. The van der Waals surface area contributed by atoms with E-state index in [0.29, 0.717) is 29.8 Å². The molecule has 1 saturated heterocycles. The van der Waals surface area contributed by atoms with Crippen LogP contribution in [0.5, 0.6) is 0 Å². The Labute approximate surface area is 124 Å². The Balaban J connectivity index is 2.07. The van der Waals surface area contributed by atoms with Crippen LogP contribution in [0.3, 0.4) is 0 Å².